The van der Waals surface area contributed by atoms with Crippen molar-refractivity contribution >= 4 is 23.2 Å². The van der Waals surface area contributed by atoms with Gasteiger partial charge in [-0.15, -0.1) is 6.42 Å². The molecule has 1 aliphatic rings. The Morgan fingerprint density at radius 1 is 1.28 bits per heavy atom. The number of carbonyl (C=O) groups is 3. The summed E-state index contributed by atoms with van der Waals surface area (Å²) in [5.41, 5.74) is 1.03. The molecule has 0 spiro atoms. The average molecular weight is 438 g/mol. The van der Waals surface area contributed by atoms with E-state index in [4.69, 9.17) is 6.42 Å². The first-order valence-corrected chi connectivity index (χ1v) is 10.5. The highest BCUT2D eigenvalue weighted by atomic mass is 19.1. The molecule has 0 bridgehead atoms. The molecule has 1 fully saturated rings. The summed E-state index contributed by atoms with van der Waals surface area (Å²) >= 11 is 0. The number of amides is 1. The van der Waals surface area contributed by atoms with Crippen LogP contribution < -0.4 is 5.32 Å². The second kappa shape index (κ2) is 8.71. The lowest BCUT2D eigenvalue weighted by atomic mass is 9.78. The molecule has 32 heavy (non-hydrogen) atoms. The highest BCUT2D eigenvalue weighted by molar-refractivity contribution is 6.44. The maximum Gasteiger partial charge on any atom is 0.272 e. The second-order valence-corrected chi connectivity index (χ2v) is 8.57. The van der Waals surface area contributed by atoms with E-state index in [1.807, 2.05) is 0 Å². The summed E-state index contributed by atoms with van der Waals surface area (Å²) < 4.78 is 15.1. The Hall–Kier alpha value is -3.24. The van der Waals surface area contributed by atoms with E-state index in [9.17, 15) is 23.9 Å². The van der Waals surface area contributed by atoms with Gasteiger partial charge in [-0.1, -0.05) is 5.92 Å². The Balaban J connectivity index is 1.88. The van der Waals surface area contributed by atoms with Crippen LogP contribution in [0.1, 0.15) is 56.9 Å². The summed E-state index contributed by atoms with van der Waals surface area (Å²) in [6.07, 6.45) is 7.03. The number of benzene rings is 1. The van der Waals surface area contributed by atoms with Crippen molar-refractivity contribution in [1.82, 2.24) is 4.57 Å². The number of anilines is 1. The van der Waals surface area contributed by atoms with E-state index >= 15 is 0 Å². The summed E-state index contributed by atoms with van der Waals surface area (Å²) in [4.78, 5) is 38.9. The molecule has 2 N–H and O–H groups in total. The molecular weight excluding hydrogens is 411 g/mol. The zero-order chi connectivity index (χ0) is 23.8. The number of ketones is 2. The first-order valence-electron chi connectivity index (χ1n) is 10.5. The van der Waals surface area contributed by atoms with Crippen molar-refractivity contribution in [2.75, 3.05) is 11.9 Å². The monoisotopic (exact) mass is 438 g/mol. The van der Waals surface area contributed by atoms with Gasteiger partial charge in [-0.25, -0.2) is 4.39 Å². The van der Waals surface area contributed by atoms with Crippen LogP contribution in [0.4, 0.5) is 10.1 Å². The number of halogens is 1. The van der Waals surface area contributed by atoms with Gasteiger partial charge in [0.25, 0.3) is 5.91 Å². The van der Waals surface area contributed by atoms with E-state index in [0.29, 0.717) is 22.5 Å². The van der Waals surface area contributed by atoms with Gasteiger partial charge in [-0.05, 0) is 68.9 Å². The fraction of sp³-hybridized carbons (Fsp3) is 0.400. The molecule has 1 saturated carbocycles. The van der Waals surface area contributed by atoms with E-state index in [2.05, 4.69) is 11.2 Å². The quantitative estimate of drug-likeness (QED) is 0.375. The first kappa shape index (κ1) is 23.4. The molecule has 1 aromatic carbocycles. The number of Topliss-reactive ketones (excluding diaryl/α,β-unsaturated/α-hetero) is 2. The van der Waals surface area contributed by atoms with Gasteiger partial charge in [-0.3, -0.25) is 14.4 Å². The highest BCUT2D eigenvalue weighted by Crippen LogP contribution is 2.47. The van der Waals surface area contributed by atoms with Crippen LogP contribution in [0.15, 0.2) is 18.2 Å². The molecule has 0 radical (unpaired) electrons. The third-order valence-corrected chi connectivity index (χ3v) is 6.45. The maximum atomic E-state index is 13.5. The van der Waals surface area contributed by atoms with Gasteiger partial charge in [0.1, 0.15) is 11.5 Å². The number of aromatic nitrogens is 1. The number of nitrogens with one attached hydrogen (secondary N) is 1. The Morgan fingerprint density at radius 3 is 2.47 bits per heavy atom. The van der Waals surface area contributed by atoms with Gasteiger partial charge in [0.15, 0.2) is 0 Å². The van der Waals surface area contributed by atoms with Crippen LogP contribution >= 0.6 is 0 Å². The molecule has 0 unspecified atom stereocenters. The zero-order valence-corrected chi connectivity index (χ0v) is 18.7. The number of rotatable bonds is 8. The van der Waals surface area contributed by atoms with Crippen LogP contribution in [0, 0.1) is 50.3 Å². The Labute approximate surface area is 186 Å². The van der Waals surface area contributed by atoms with Crippen molar-refractivity contribution in [2.45, 2.75) is 40.0 Å². The SMILES string of the molecule is C#C[C@](CO)(CC(=O)C(=O)c1c(C)c(C(=O)Nc2ccc(F)c(C)c2)n(C)c1C)C1CC1. The van der Waals surface area contributed by atoms with Crippen LogP contribution in [0.25, 0.3) is 0 Å². The van der Waals surface area contributed by atoms with E-state index in [1.54, 1.807) is 32.4 Å². The number of hydrogen-bond donors (Lipinski definition) is 2. The highest BCUT2D eigenvalue weighted by Gasteiger charge is 2.46. The lowest BCUT2D eigenvalue weighted by Crippen LogP contribution is -2.32. The molecule has 0 saturated heterocycles. The summed E-state index contributed by atoms with van der Waals surface area (Å²) in [7, 11) is 1.64. The predicted molar refractivity (Wildman–Crippen MR) is 119 cm³/mol. The van der Waals surface area contributed by atoms with Crippen LogP contribution in [-0.2, 0) is 11.8 Å². The van der Waals surface area contributed by atoms with Gasteiger partial charge in [0, 0.05) is 24.8 Å². The van der Waals surface area contributed by atoms with Crippen molar-refractivity contribution in [3.8, 4) is 12.3 Å². The molecule has 7 heteroatoms. The molecule has 1 atom stereocenters. The minimum Gasteiger partial charge on any atom is -0.395 e. The lowest BCUT2D eigenvalue weighted by Gasteiger charge is -2.24. The number of nitrogens with zero attached hydrogens (tertiary/aromatic N) is 1. The van der Waals surface area contributed by atoms with E-state index < -0.39 is 22.9 Å². The van der Waals surface area contributed by atoms with Crippen molar-refractivity contribution in [1.29, 1.82) is 0 Å². The van der Waals surface area contributed by atoms with Crippen LogP contribution in [-0.4, -0.2) is 33.8 Å². The maximum absolute atomic E-state index is 13.5. The van der Waals surface area contributed by atoms with Crippen molar-refractivity contribution in [2.24, 2.45) is 18.4 Å². The van der Waals surface area contributed by atoms with Crippen LogP contribution in [0.5, 0.6) is 0 Å². The third-order valence-electron chi connectivity index (χ3n) is 6.45. The molecule has 1 heterocycles. The predicted octanol–water partition coefficient (Wildman–Crippen LogP) is 3.51. The van der Waals surface area contributed by atoms with Gasteiger partial charge >= 0.3 is 0 Å². The van der Waals surface area contributed by atoms with Crippen LogP contribution in [0.2, 0.25) is 0 Å². The summed E-state index contributed by atoms with van der Waals surface area (Å²) in [6, 6.07) is 4.23. The van der Waals surface area contributed by atoms with E-state index in [0.717, 1.165) is 12.8 Å². The number of aliphatic hydroxyl groups excluding tert-OH is 1. The van der Waals surface area contributed by atoms with Crippen molar-refractivity contribution < 1.29 is 23.9 Å². The standard InChI is InChI=1S/C25H27FN2O4/c1-6-25(13-29,17-7-8-17)12-20(30)23(31)21-15(3)22(28(5)16(21)4)24(32)27-18-9-10-19(26)14(2)11-18/h1,9-11,17,29H,7-8,12-13H2,2-5H3,(H,27,32)/t25-/m1/s1. The Kier molecular flexibility index (Phi) is 6.38. The topological polar surface area (TPSA) is 88.4 Å². The first-order chi connectivity index (χ1) is 15.1. The molecule has 3 rings (SSSR count). The smallest absolute Gasteiger partial charge is 0.272 e. The molecule has 1 aromatic heterocycles. The summed E-state index contributed by atoms with van der Waals surface area (Å²) in [5.74, 6) is 0.327. The summed E-state index contributed by atoms with van der Waals surface area (Å²) in [6.45, 7) is 4.51. The zero-order valence-electron chi connectivity index (χ0n) is 18.7. The fourth-order valence-electron chi connectivity index (χ4n) is 4.23. The molecule has 0 aliphatic heterocycles. The van der Waals surface area contributed by atoms with Crippen molar-refractivity contribution in [3.05, 3.63) is 52.1 Å². The van der Waals surface area contributed by atoms with Gasteiger partial charge in [0.05, 0.1) is 17.6 Å². The number of aryl methyl sites for hydroxylation is 1. The molecule has 2 aromatic rings. The number of aliphatic hydroxyl groups is 1. The number of hydrogen-bond acceptors (Lipinski definition) is 4. The summed E-state index contributed by atoms with van der Waals surface area (Å²) in [5, 5.41) is 12.5. The van der Waals surface area contributed by atoms with Gasteiger partial charge < -0.3 is 15.0 Å². The minimum absolute atomic E-state index is 0.0349. The molecule has 1 amide bonds. The number of terminal acetylenes is 1. The van der Waals surface area contributed by atoms with E-state index in [-0.39, 0.29) is 36.0 Å². The lowest BCUT2D eigenvalue weighted by molar-refractivity contribution is -0.117. The van der Waals surface area contributed by atoms with Crippen molar-refractivity contribution in [3.63, 3.8) is 0 Å². The molecule has 6 nitrogen and oxygen atoms in total. The normalized spacial score (nSPS) is 15.0. The van der Waals surface area contributed by atoms with E-state index in [1.165, 1.54) is 18.2 Å². The second-order valence-electron chi connectivity index (χ2n) is 8.57. The average Bonchev–Trinajstić information content (AvgIpc) is 3.57. The van der Waals surface area contributed by atoms with Crippen LogP contribution in [0.3, 0.4) is 0 Å². The Morgan fingerprint density at radius 2 is 1.94 bits per heavy atom. The third kappa shape index (κ3) is 4.11. The molecular formula is C25H27FN2O4. The largest absolute Gasteiger partial charge is 0.395 e. The Bertz CT molecular complexity index is 1150. The molecule has 1 aliphatic carbocycles. The minimum atomic E-state index is -1.02. The molecule has 168 valence electrons. The fourth-order valence-corrected chi connectivity index (χ4v) is 4.23. The number of carbonyl (C=O) groups excluding carboxylic acids is 3. The van der Waals surface area contributed by atoms with Gasteiger partial charge in [0.2, 0.25) is 11.6 Å². The van der Waals surface area contributed by atoms with Gasteiger partial charge in [-0.2, -0.15) is 0 Å².